The van der Waals surface area contributed by atoms with Gasteiger partial charge < -0.3 is 54.3 Å². The minimum atomic E-state index is -2.02. The van der Waals surface area contributed by atoms with Crippen LogP contribution < -0.4 is 4.74 Å². The summed E-state index contributed by atoms with van der Waals surface area (Å²) in [7, 11) is 0. The van der Waals surface area contributed by atoms with Crippen molar-refractivity contribution >= 4 is 5.97 Å². The van der Waals surface area contributed by atoms with Gasteiger partial charge in [0, 0.05) is 0 Å². The maximum atomic E-state index is 12.2. The molecule has 0 bridgehead atoms. The lowest BCUT2D eigenvalue weighted by Crippen LogP contribution is -2.62. The van der Waals surface area contributed by atoms with Gasteiger partial charge in [-0.3, -0.25) is 0 Å². The number of esters is 1. The van der Waals surface area contributed by atoms with Gasteiger partial charge in [-0.15, -0.1) is 0 Å². The van der Waals surface area contributed by atoms with Gasteiger partial charge in [0.2, 0.25) is 6.29 Å². The molecule has 8 atom stereocenters. The van der Waals surface area contributed by atoms with Crippen LogP contribution in [-0.2, 0) is 18.9 Å². The Bertz CT molecular complexity index is 1000. The Morgan fingerprint density at radius 2 is 1.69 bits per heavy atom. The number of aliphatic hydroxyl groups excluding tert-OH is 4. The molecule has 2 fully saturated rings. The summed E-state index contributed by atoms with van der Waals surface area (Å²) in [5.41, 5.74) is -1.76. The third-order valence-corrected chi connectivity index (χ3v) is 5.97. The number of hydrogen-bond acceptors (Lipinski definition) is 12. The Labute approximate surface area is 205 Å². The highest BCUT2D eigenvalue weighted by Crippen LogP contribution is 2.32. The Morgan fingerprint density at radius 1 is 1.00 bits per heavy atom. The van der Waals surface area contributed by atoms with Crippen molar-refractivity contribution in [1.82, 2.24) is 0 Å². The highest BCUT2D eigenvalue weighted by molar-refractivity contribution is 5.89. The second-order valence-corrected chi connectivity index (χ2v) is 8.59. The van der Waals surface area contributed by atoms with Gasteiger partial charge in [0.1, 0.15) is 42.5 Å². The molecule has 12 heteroatoms. The Morgan fingerprint density at radius 3 is 2.36 bits per heavy atom. The molecule has 0 spiro atoms. The van der Waals surface area contributed by atoms with Gasteiger partial charge in [0.05, 0.1) is 18.8 Å². The summed E-state index contributed by atoms with van der Waals surface area (Å²) < 4.78 is 27.4. The fourth-order valence-electron chi connectivity index (χ4n) is 3.85. The molecule has 0 amide bonds. The number of carbonyl (C=O) groups is 1. The summed E-state index contributed by atoms with van der Waals surface area (Å²) in [5.74, 6) is -0.515. The molecule has 2 aliphatic heterocycles. The lowest BCUT2D eigenvalue weighted by Gasteiger charge is -2.42. The quantitative estimate of drug-likeness (QED) is 0.237. The van der Waals surface area contributed by atoms with Crippen molar-refractivity contribution in [3.8, 4) is 11.5 Å². The first-order valence-corrected chi connectivity index (χ1v) is 11.2. The van der Waals surface area contributed by atoms with Crippen LogP contribution in [-0.4, -0.2) is 105 Å². The zero-order valence-electron chi connectivity index (χ0n) is 19.0. The normalized spacial score (nSPS) is 34.3. The average molecular weight is 508 g/mol. The summed E-state index contributed by atoms with van der Waals surface area (Å²) in [5, 5.41) is 61.4. The number of aromatic hydroxyl groups is 1. The van der Waals surface area contributed by atoms with E-state index in [1.54, 1.807) is 18.2 Å². The maximum absolute atomic E-state index is 12.2. The van der Waals surface area contributed by atoms with Crippen LogP contribution in [0.4, 0.5) is 0 Å². The van der Waals surface area contributed by atoms with Crippen LogP contribution in [0.3, 0.4) is 0 Å². The van der Waals surface area contributed by atoms with E-state index >= 15 is 0 Å². The molecule has 196 valence electrons. The highest BCUT2D eigenvalue weighted by Gasteiger charge is 2.54. The van der Waals surface area contributed by atoms with Crippen LogP contribution >= 0.6 is 0 Å². The molecule has 0 radical (unpaired) electrons. The van der Waals surface area contributed by atoms with E-state index in [9.17, 15) is 35.4 Å². The second kappa shape index (κ2) is 11.1. The van der Waals surface area contributed by atoms with Crippen molar-refractivity contribution in [1.29, 1.82) is 0 Å². The summed E-state index contributed by atoms with van der Waals surface area (Å²) in [6.45, 7) is -1.69. The fraction of sp³-hybridized carbons (Fsp3) is 0.458. The van der Waals surface area contributed by atoms with E-state index in [1.807, 2.05) is 0 Å². The first kappa shape index (κ1) is 26.3. The summed E-state index contributed by atoms with van der Waals surface area (Å²) in [6.07, 6.45) is -10.5. The Kier molecular flexibility index (Phi) is 8.07. The van der Waals surface area contributed by atoms with E-state index in [4.69, 9.17) is 23.7 Å². The first-order valence-electron chi connectivity index (χ1n) is 11.2. The Balaban J connectivity index is 1.44. The summed E-state index contributed by atoms with van der Waals surface area (Å²) in [6, 6.07) is 13.6. The molecule has 12 nitrogen and oxygen atoms in total. The predicted molar refractivity (Wildman–Crippen MR) is 119 cm³/mol. The number of carbonyl (C=O) groups excluding carboxylic acids is 1. The molecule has 6 N–H and O–H groups in total. The van der Waals surface area contributed by atoms with E-state index < -0.39 is 74.5 Å². The van der Waals surface area contributed by atoms with Gasteiger partial charge in [-0.05, 0) is 36.4 Å². The van der Waals surface area contributed by atoms with Gasteiger partial charge in [-0.2, -0.15) is 0 Å². The van der Waals surface area contributed by atoms with Crippen LogP contribution in [0.5, 0.6) is 11.5 Å². The number of hydrogen-bond donors (Lipinski definition) is 6. The SMILES string of the molecule is O=C(OCC1(O)COC(OC2C(Oc3ccc(O)cc3)OC(CO)C(O)C2O)C1O)c1ccccc1. The maximum Gasteiger partial charge on any atom is 0.338 e. The zero-order chi connectivity index (χ0) is 25.9. The van der Waals surface area contributed by atoms with Crippen LogP contribution in [0.1, 0.15) is 10.4 Å². The molecule has 0 saturated carbocycles. The molecule has 8 unspecified atom stereocenters. The molecule has 2 aliphatic rings. The standard InChI is InChI=1S/C24H28O12/c25-10-16-17(27)18(28)19(22(35-16)34-15-8-6-14(26)7-9-15)36-23-20(29)24(31,12-33-23)11-32-21(30)13-4-2-1-3-5-13/h1-9,16-20,22-23,25-29,31H,10-12H2. The van der Waals surface area contributed by atoms with E-state index in [0.717, 1.165) is 0 Å². The highest BCUT2D eigenvalue weighted by atomic mass is 16.8. The smallest absolute Gasteiger partial charge is 0.338 e. The van der Waals surface area contributed by atoms with Crippen LogP contribution in [0, 0.1) is 0 Å². The molecule has 2 aromatic carbocycles. The fourth-order valence-corrected chi connectivity index (χ4v) is 3.85. The van der Waals surface area contributed by atoms with E-state index in [2.05, 4.69) is 0 Å². The predicted octanol–water partition coefficient (Wildman–Crippen LogP) is -1.10. The number of phenolic OH excluding ortho intramolecular Hbond substituents is 1. The molecule has 4 rings (SSSR count). The van der Waals surface area contributed by atoms with Crippen LogP contribution in [0.25, 0.3) is 0 Å². The largest absolute Gasteiger partial charge is 0.508 e. The monoisotopic (exact) mass is 508 g/mol. The molecule has 0 aliphatic carbocycles. The summed E-state index contributed by atoms with van der Waals surface area (Å²) >= 11 is 0. The summed E-state index contributed by atoms with van der Waals surface area (Å²) in [4.78, 5) is 12.2. The Hall–Kier alpha value is -2.81. The lowest BCUT2D eigenvalue weighted by molar-refractivity contribution is -0.318. The van der Waals surface area contributed by atoms with Gasteiger partial charge in [-0.25, -0.2) is 4.79 Å². The van der Waals surface area contributed by atoms with Crippen molar-refractivity contribution < 1.29 is 59.1 Å². The minimum Gasteiger partial charge on any atom is -0.508 e. The molecule has 36 heavy (non-hydrogen) atoms. The van der Waals surface area contributed by atoms with Crippen LogP contribution in [0.15, 0.2) is 54.6 Å². The van der Waals surface area contributed by atoms with Crippen molar-refractivity contribution in [2.75, 3.05) is 19.8 Å². The number of phenols is 1. The lowest BCUT2D eigenvalue weighted by atomic mass is 9.98. The van der Waals surface area contributed by atoms with Crippen molar-refractivity contribution in [2.24, 2.45) is 0 Å². The van der Waals surface area contributed by atoms with Gasteiger partial charge in [-0.1, -0.05) is 18.2 Å². The molecular weight excluding hydrogens is 480 g/mol. The van der Waals surface area contributed by atoms with Crippen LogP contribution in [0.2, 0.25) is 0 Å². The van der Waals surface area contributed by atoms with Crippen molar-refractivity contribution in [3.05, 3.63) is 60.2 Å². The van der Waals surface area contributed by atoms with E-state index in [1.165, 1.54) is 36.4 Å². The molecule has 2 heterocycles. The third-order valence-electron chi connectivity index (χ3n) is 5.97. The molecule has 2 aromatic rings. The zero-order valence-corrected chi connectivity index (χ0v) is 19.0. The van der Waals surface area contributed by atoms with Gasteiger partial charge in [0.25, 0.3) is 0 Å². The average Bonchev–Trinajstić information content (AvgIpc) is 3.17. The first-order chi connectivity index (χ1) is 17.2. The second-order valence-electron chi connectivity index (χ2n) is 8.59. The number of benzene rings is 2. The molecule has 0 aromatic heterocycles. The van der Waals surface area contributed by atoms with Gasteiger partial charge >= 0.3 is 5.97 Å². The van der Waals surface area contributed by atoms with Crippen molar-refractivity contribution in [3.63, 3.8) is 0 Å². The topological polar surface area (TPSA) is 185 Å². The van der Waals surface area contributed by atoms with Crippen molar-refractivity contribution in [2.45, 2.75) is 48.7 Å². The number of aliphatic hydroxyl groups is 5. The number of rotatable bonds is 8. The third kappa shape index (κ3) is 5.61. The van der Waals surface area contributed by atoms with E-state index in [0.29, 0.717) is 0 Å². The number of ether oxygens (including phenoxy) is 5. The molecular formula is C24H28O12. The molecule has 2 saturated heterocycles. The van der Waals surface area contributed by atoms with Gasteiger partial charge in [0.15, 0.2) is 18.0 Å². The van der Waals surface area contributed by atoms with E-state index in [-0.39, 0.29) is 17.1 Å². The minimum absolute atomic E-state index is 0.0156.